The molecule has 0 unspecified atom stereocenters. The van der Waals surface area contributed by atoms with E-state index < -0.39 is 30.0 Å². The minimum Gasteiger partial charge on any atom is -0.445 e. The highest BCUT2D eigenvalue weighted by atomic mass is 16.6. The first-order valence-electron chi connectivity index (χ1n) is 14.8. The van der Waals surface area contributed by atoms with Crippen molar-refractivity contribution in [3.8, 4) is 0 Å². The molecule has 9 nitrogen and oxygen atoms in total. The Morgan fingerprint density at radius 2 is 1.74 bits per heavy atom. The standard InChI is InChI=1S/C33H44N4O5/c1-7-20-36-25-16-12-11-15-24(25)27(26-17-18-33(5,6)19-21-37(26)31(40)42-32(2,3)4)34-28(29(36)38)35-30(39)41-22-23-13-9-8-10-14-23/h8-16,26,28H,7,17-22H2,1-6H3,(H,35,39)/t26-,28+/m1/s1. The van der Waals surface area contributed by atoms with Crippen molar-refractivity contribution in [3.05, 3.63) is 65.7 Å². The topological polar surface area (TPSA) is 101 Å². The Hall–Kier alpha value is -3.88. The highest BCUT2D eigenvalue weighted by molar-refractivity contribution is 6.15. The largest absolute Gasteiger partial charge is 0.445 e. The van der Waals surface area contributed by atoms with Crippen LogP contribution in [0, 0.1) is 5.41 Å². The number of carbonyl (C=O) groups excluding carboxylic acids is 3. The molecule has 0 aromatic heterocycles. The van der Waals surface area contributed by atoms with Crippen molar-refractivity contribution < 1.29 is 23.9 Å². The van der Waals surface area contributed by atoms with Gasteiger partial charge < -0.3 is 14.4 Å². The summed E-state index contributed by atoms with van der Waals surface area (Å²) in [5, 5.41) is 2.71. The van der Waals surface area contributed by atoms with E-state index in [0.717, 1.165) is 24.0 Å². The van der Waals surface area contributed by atoms with Gasteiger partial charge in [0, 0.05) is 18.7 Å². The number of rotatable bonds is 6. The van der Waals surface area contributed by atoms with E-state index in [1.165, 1.54) is 0 Å². The molecule has 9 heteroatoms. The van der Waals surface area contributed by atoms with Gasteiger partial charge in [-0.15, -0.1) is 0 Å². The summed E-state index contributed by atoms with van der Waals surface area (Å²) in [5.41, 5.74) is 2.21. The van der Waals surface area contributed by atoms with Crippen LogP contribution in [-0.4, -0.2) is 59.6 Å². The maximum absolute atomic E-state index is 14.0. The van der Waals surface area contributed by atoms with Crippen molar-refractivity contribution >= 4 is 29.5 Å². The van der Waals surface area contributed by atoms with Gasteiger partial charge in [0.2, 0.25) is 6.17 Å². The molecule has 2 aromatic rings. The van der Waals surface area contributed by atoms with E-state index in [2.05, 4.69) is 19.2 Å². The number of para-hydroxylation sites is 1. The van der Waals surface area contributed by atoms with Crippen LogP contribution in [0.25, 0.3) is 0 Å². The highest BCUT2D eigenvalue weighted by Gasteiger charge is 2.41. The summed E-state index contributed by atoms with van der Waals surface area (Å²) in [4.78, 5) is 48.9. The fourth-order valence-electron chi connectivity index (χ4n) is 5.36. The molecular weight excluding hydrogens is 532 g/mol. The predicted molar refractivity (Wildman–Crippen MR) is 164 cm³/mol. The van der Waals surface area contributed by atoms with Gasteiger partial charge in [0.1, 0.15) is 12.2 Å². The predicted octanol–water partition coefficient (Wildman–Crippen LogP) is 6.30. The molecule has 1 N–H and O–H groups in total. The van der Waals surface area contributed by atoms with E-state index >= 15 is 0 Å². The van der Waals surface area contributed by atoms with Gasteiger partial charge in [-0.3, -0.25) is 20.0 Å². The van der Waals surface area contributed by atoms with Crippen molar-refractivity contribution in [2.45, 2.75) is 91.6 Å². The Balaban J connectivity index is 1.75. The lowest BCUT2D eigenvalue weighted by Gasteiger charge is -2.33. The van der Waals surface area contributed by atoms with Crippen molar-refractivity contribution in [1.29, 1.82) is 0 Å². The number of fused-ring (bicyclic) bond motifs is 1. The Morgan fingerprint density at radius 1 is 1.05 bits per heavy atom. The van der Waals surface area contributed by atoms with Crippen LogP contribution in [0.15, 0.2) is 59.6 Å². The highest BCUT2D eigenvalue weighted by Crippen LogP contribution is 2.36. The first-order valence-corrected chi connectivity index (χ1v) is 14.8. The molecule has 1 fully saturated rings. The monoisotopic (exact) mass is 576 g/mol. The number of hydrogen-bond donors (Lipinski definition) is 1. The number of ether oxygens (including phenoxy) is 2. The number of aliphatic imine (C=N–C) groups is 1. The third-order valence-electron chi connectivity index (χ3n) is 7.60. The third kappa shape index (κ3) is 7.69. The number of nitrogens with zero attached hydrogens (tertiary/aromatic N) is 3. The molecule has 0 bridgehead atoms. The molecule has 2 aliphatic heterocycles. The molecule has 0 spiro atoms. The van der Waals surface area contributed by atoms with Crippen molar-refractivity contribution in [2.24, 2.45) is 10.4 Å². The van der Waals surface area contributed by atoms with Crippen molar-refractivity contribution in [3.63, 3.8) is 0 Å². The average Bonchev–Trinajstić information content (AvgIpc) is 3.16. The summed E-state index contributed by atoms with van der Waals surface area (Å²) in [7, 11) is 0. The zero-order chi connectivity index (χ0) is 30.5. The Morgan fingerprint density at radius 3 is 2.43 bits per heavy atom. The number of amides is 3. The fraction of sp³-hybridized carbons (Fsp3) is 0.515. The average molecular weight is 577 g/mol. The van der Waals surface area contributed by atoms with Crippen LogP contribution in [0.5, 0.6) is 0 Å². The number of benzene rings is 2. The van der Waals surface area contributed by atoms with Gasteiger partial charge >= 0.3 is 12.2 Å². The maximum Gasteiger partial charge on any atom is 0.410 e. The minimum absolute atomic E-state index is 0.00276. The van der Waals surface area contributed by atoms with Crippen LogP contribution < -0.4 is 10.2 Å². The van der Waals surface area contributed by atoms with E-state index in [4.69, 9.17) is 14.5 Å². The quantitative estimate of drug-likeness (QED) is 0.435. The first-order chi connectivity index (χ1) is 19.9. The minimum atomic E-state index is -1.22. The van der Waals surface area contributed by atoms with E-state index in [1.807, 2.05) is 82.3 Å². The molecule has 3 amide bonds. The van der Waals surface area contributed by atoms with Gasteiger partial charge in [-0.1, -0.05) is 69.3 Å². The van der Waals surface area contributed by atoms with Gasteiger partial charge in [-0.25, -0.2) is 9.59 Å². The number of anilines is 1. The second-order valence-electron chi connectivity index (χ2n) is 12.8. The second kappa shape index (κ2) is 13.0. The van der Waals surface area contributed by atoms with E-state index in [1.54, 1.807) is 9.80 Å². The molecule has 2 aromatic carbocycles. The van der Waals surface area contributed by atoms with Gasteiger partial charge in [-0.05, 0) is 63.5 Å². The van der Waals surface area contributed by atoms with Crippen LogP contribution in [0.2, 0.25) is 0 Å². The third-order valence-corrected chi connectivity index (χ3v) is 7.60. The molecule has 0 aliphatic carbocycles. The molecule has 42 heavy (non-hydrogen) atoms. The Bertz CT molecular complexity index is 1300. The molecule has 4 rings (SSSR count). The lowest BCUT2D eigenvalue weighted by atomic mass is 9.84. The molecule has 0 saturated carbocycles. The van der Waals surface area contributed by atoms with E-state index in [0.29, 0.717) is 37.3 Å². The van der Waals surface area contributed by atoms with E-state index in [9.17, 15) is 14.4 Å². The van der Waals surface area contributed by atoms with Gasteiger partial charge in [-0.2, -0.15) is 0 Å². The van der Waals surface area contributed by atoms with Crippen LogP contribution in [0.4, 0.5) is 15.3 Å². The van der Waals surface area contributed by atoms with Gasteiger partial charge in [0.05, 0.1) is 17.4 Å². The number of benzodiazepines with no additional fused rings is 1. The fourth-order valence-corrected chi connectivity index (χ4v) is 5.36. The molecular formula is C33H44N4O5. The van der Waals surface area contributed by atoms with Crippen molar-refractivity contribution in [2.75, 3.05) is 18.0 Å². The normalized spacial score (nSPS) is 20.5. The first kappa shape index (κ1) is 31.1. The molecule has 2 heterocycles. The number of carbonyl (C=O) groups is 3. The lowest BCUT2D eigenvalue weighted by Crippen LogP contribution is -2.49. The maximum atomic E-state index is 14.0. The van der Waals surface area contributed by atoms with Gasteiger partial charge in [0.25, 0.3) is 5.91 Å². The molecule has 0 radical (unpaired) electrons. The zero-order valence-corrected chi connectivity index (χ0v) is 25.7. The van der Waals surface area contributed by atoms with E-state index in [-0.39, 0.29) is 17.9 Å². The van der Waals surface area contributed by atoms with Gasteiger partial charge in [0.15, 0.2) is 0 Å². The molecule has 226 valence electrons. The summed E-state index contributed by atoms with van der Waals surface area (Å²) in [5.74, 6) is -0.353. The SMILES string of the molecule is CCCN1C(=O)[C@H](NC(=O)OCc2ccccc2)N=C([C@H]2CCC(C)(C)CCN2C(=O)OC(C)(C)C)c2ccccc21. The number of nitrogens with one attached hydrogen (secondary N) is 1. The summed E-state index contributed by atoms with van der Waals surface area (Å²) >= 11 is 0. The number of hydrogen-bond acceptors (Lipinski definition) is 6. The summed E-state index contributed by atoms with van der Waals surface area (Å²) < 4.78 is 11.3. The number of alkyl carbamates (subject to hydrolysis) is 1. The lowest BCUT2D eigenvalue weighted by molar-refractivity contribution is -0.120. The Kier molecular flexibility index (Phi) is 9.59. The van der Waals surface area contributed by atoms with Crippen LogP contribution in [0.3, 0.4) is 0 Å². The second-order valence-corrected chi connectivity index (χ2v) is 12.8. The molecule has 2 atom stereocenters. The Labute approximate surface area is 249 Å². The van der Waals surface area contributed by atoms with Crippen LogP contribution in [0.1, 0.15) is 78.4 Å². The van der Waals surface area contributed by atoms with Crippen molar-refractivity contribution in [1.82, 2.24) is 10.2 Å². The van der Waals surface area contributed by atoms with Crippen LogP contribution in [-0.2, 0) is 20.9 Å². The zero-order valence-electron chi connectivity index (χ0n) is 25.7. The summed E-state index contributed by atoms with van der Waals surface area (Å²) in [6.45, 7) is 12.9. The van der Waals surface area contributed by atoms with Crippen LogP contribution >= 0.6 is 0 Å². The number of likely N-dealkylation sites (tertiary alicyclic amines) is 1. The summed E-state index contributed by atoms with van der Waals surface area (Å²) in [6, 6.07) is 16.5. The smallest absolute Gasteiger partial charge is 0.410 e. The molecule has 2 aliphatic rings. The summed E-state index contributed by atoms with van der Waals surface area (Å²) in [6.07, 6.45) is 0.605. The molecule has 1 saturated heterocycles.